The number of Topliss-reactive ketones (excluding diaryl/α,β-unsaturated/α-hetero) is 1. The first kappa shape index (κ1) is 10.6. The molecule has 0 radical (unpaired) electrons. The quantitative estimate of drug-likeness (QED) is 0.649. The summed E-state index contributed by atoms with van der Waals surface area (Å²) >= 11 is 0. The Labute approximate surface area is 98.3 Å². The van der Waals surface area contributed by atoms with Gasteiger partial charge in [0, 0.05) is 11.3 Å². The number of fused-ring (bicyclic) bond motifs is 2. The van der Waals surface area contributed by atoms with E-state index in [1.165, 1.54) is 56.9 Å². The molecular formula is C15H22O. The first-order valence-corrected chi connectivity index (χ1v) is 7.06. The van der Waals surface area contributed by atoms with E-state index < -0.39 is 0 Å². The Hall–Kier alpha value is -0.590. The molecule has 0 aliphatic heterocycles. The highest BCUT2D eigenvalue weighted by molar-refractivity contribution is 6.02. The van der Waals surface area contributed by atoms with Crippen molar-refractivity contribution in [3.63, 3.8) is 0 Å². The molecule has 0 N–H and O–H groups in total. The molecule has 16 heavy (non-hydrogen) atoms. The lowest BCUT2D eigenvalue weighted by Crippen LogP contribution is -2.34. The third kappa shape index (κ3) is 1.20. The van der Waals surface area contributed by atoms with Gasteiger partial charge in [0.1, 0.15) is 0 Å². The Bertz CT molecular complexity index is 352. The molecular weight excluding hydrogens is 196 g/mol. The van der Waals surface area contributed by atoms with Crippen LogP contribution in [0, 0.1) is 11.3 Å². The number of hydrogen-bond donors (Lipinski definition) is 0. The summed E-state index contributed by atoms with van der Waals surface area (Å²) in [6, 6.07) is 0. The molecule has 3 aliphatic carbocycles. The normalized spacial score (nSPS) is 38.6. The molecule has 1 heteroatoms. The summed E-state index contributed by atoms with van der Waals surface area (Å²) in [6.45, 7) is 2.30. The van der Waals surface area contributed by atoms with Crippen LogP contribution in [0.1, 0.15) is 64.7 Å². The predicted molar refractivity (Wildman–Crippen MR) is 65.2 cm³/mol. The fourth-order valence-electron chi connectivity index (χ4n) is 4.56. The zero-order valence-electron chi connectivity index (χ0n) is 10.3. The summed E-state index contributed by atoms with van der Waals surface area (Å²) < 4.78 is 0. The Morgan fingerprint density at radius 1 is 1.19 bits per heavy atom. The van der Waals surface area contributed by atoms with Gasteiger partial charge in [0.05, 0.1) is 0 Å². The highest BCUT2D eigenvalue weighted by Crippen LogP contribution is 2.58. The molecule has 1 saturated carbocycles. The fourth-order valence-corrected chi connectivity index (χ4v) is 4.56. The average Bonchev–Trinajstić information content (AvgIpc) is 2.62. The van der Waals surface area contributed by atoms with Gasteiger partial charge in [-0.05, 0) is 50.5 Å². The molecule has 88 valence electrons. The van der Waals surface area contributed by atoms with Crippen molar-refractivity contribution in [1.29, 1.82) is 0 Å². The van der Waals surface area contributed by atoms with Gasteiger partial charge >= 0.3 is 0 Å². The first-order chi connectivity index (χ1) is 7.79. The Morgan fingerprint density at radius 3 is 2.81 bits per heavy atom. The molecule has 1 fully saturated rings. The third-order valence-corrected chi connectivity index (χ3v) is 5.35. The van der Waals surface area contributed by atoms with Gasteiger partial charge in [-0.1, -0.05) is 25.3 Å². The lowest BCUT2D eigenvalue weighted by atomic mass is 9.62. The molecule has 1 nitrogen and oxygen atoms in total. The average molecular weight is 218 g/mol. The molecule has 0 heterocycles. The zero-order chi connectivity index (χ0) is 11.2. The van der Waals surface area contributed by atoms with E-state index in [4.69, 9.17) is 0 Å². The maximum atomic E-state index is 12.5. The number of ketones is 1. The van der Waals surface area contributed by atoms with Crippen LogP contribution < -0.4 is 0 Å². The third-order valence-electron chi connectivity index (χ3n) is 5.35. The van der Waals surface area contributed by atoms with E-state index in [1.54, 1.807) is 5.57 Å². The highest BCUT2D eigenvalue weighted by Gasteiger charge is 2.52. The summed E-state index contributed by atoms with van der Waals surface area (Å²) in [7, 11) is 0. The maximum Gasteiger partial charge on any atom is 0.162 e. The minimum atomic E-state index is 0.324. The number of carbonyl (C=O) groups is 1. The minimum Gasteiger partial charge on any atom is -0.294 e. The molecule has 0 unspecified atom stereocenters. The van der Waals surface area contributed by atoms with Crippen molar-refractivity contribution in [3.8, 4) is 0 Å². The second-order valence-electron chi connectivity index (χ2n) is 5.84. The lowest BCUT2D eigenvalue weighted by Gasteiger charge is -2.41. The van der Waals surface area contributed by atoms with Gasteiger partial charge in [-0.25, -0.2) is 0 Å². The van der Waals surface area contributed by atoms with Gasteiger partial charge in [0.2, 0.25) is 0 Å². The largest absolute Gasteiger partial charge is 0.294 e. The SMILES string of the molecule is CC[C@@]12CCCC[C@@H]1C(=O)C1=C2CCCC1. The van der Waals surface area contributed by atoms with Gasteiger partial charge < -0.3 is 0 Å². The van der Waals surface area contributed by atoms with E-state index in [0.29, 0.717) is 17.1 Å². The van der Waals surface area contributed by atoms with Crippen LogP contribution >= 0.6 is 0 Å². The second-order valence-corrected chi connectivity index (χ2v) is 5.84. The molecule has 3 rings (SSSR count). The predicted octanol–water partition coefficient (Wildman–Crippen LogP) is 4.03. The summed E-state index contributed by atoms with van der Waals surface area (Å²) in [6.07, 6.45) is 11.2. The Morgan fingerprint density at radius 2 is 2.00 bits per heavy atom. The molecule has 3 aliphatic rings. The smallest absolute Gasteiger partial charge is 0.162 e. The van der Waals surface area contributed by atoms with Crippen molar-refractivity contribution in [3.05, 3.63) is 11.1 Å². The topological polar surface area (TPSA) is 17.1 Å². The van der Waals surface area contributed by atoms with Crippen LogP contribution in [0.4, 0.5) is 0 Å². The van der Waals surface area contributed by atoms with Crippen molar-refractivity contribution < 1.29 is 4.79 Å². The van der Waals surface area contributed by atoms with Crippen molar-refractivity contribution >= 4 is 5.78 Å². The summed E-state index contributed by atoms with van der Waals surface area (Å²) in [5.41, 5.74) is 3.21. The van der Waals surface area contributed by atoms with Crippen LogP contribution in [-0.4, -0.2) is 5.78 Å². The molecule has 2 atom stereocenters. The summed E-state index contributed by atoms with van der Waals surface area (Å²) in [4.78, 5) is 12.5. The number of allylic oxidation sites excluding steroid dienone is 2. The molecule has 0 bridgehead atoms. The summed E-state index contributed by atoms with van der Waals surface area (Å²) in [5.74, 6) is 0.936. The van der Waals surface area contributed by atoms with Crippen LogP contribution in [-0.2, 0) is 4.79 Å². The van der Waals surface area contributed by atoms with Gasteiger partial charge in [-0.3, -0.25) is 4.79 Å². The molecule has 0 aromatic carbocycles. The molecule has 0 amide bonds. The molecule has 0 saturated heterocycles. The number of hydrogen-bond acceptors (Lipinski definition) is 1. The van der Waals surface area contributed by atoms with Crippen LogP contribution in [0.15, 0.2) is 11.1 Å². The Balaban J connectivity index is 2.07. The van der Waals surface area contributed by atoms with Gasteiger partial charge in [-0.15, -0.1) is 0 Å². The van der Waals surface area contributed by atoms with Crippen molar-refractivity contribution in [1.82, 2.24) is 0 Å². The standard InChI is InChI=1S/C15H22O/c1-2-15-10-6-5-9-13(15)14(16)11-7-3-4-8-12(11)15/h13H,2-10H2,1H3/t13-,15+/m1/s1. The van der Waals surface area contributed by atoms with E-state index in [9.17, 15) is 4.79 Å². The number of rotatable bonds is 1. The van der Waals surface area contributed by atoms with Crippen LogP contribution in [0.2, 0.25) is 0 Å². The zero-order valence-corrected chi connectivity index (χ0v) is 10.3. The van der Waals surface area contributed by atoms with Gasteiger partial charge in [-0.2, -0.15) is 0 Å². The second kappa shape index (κ2) is 3.72. The van der Waals surface area contributed by atoms with Crippen LogP contribution in [0.3, 0.4) is 0 Å². The van der Waals surface area contributed by atoms with Gasteiger partial charge in [0.25, 0.3) is 0 Å². The van der Waals surface area contributed by atoms with E-state index in [0.717, 1.165) is 6.42 Å². The summed E-state index contributed by atoms with van der Waals surface area (Å²) in [5, 5.41) is 0. The van der Waals surface area contributed by atoms with Gasteiger partial charge in [0.15, 0.2) is 5.78 Å². The first-order valence-electron chi connectivity index (χ1n) is 7.06. The van der Waals surface area contributed by atoms with Crippen LogP contribution in [0.25, 0.3) is 0 Å². The van der Waals surface area contributed by atoms with Crippen molar-refractivity contribution in [2.75, 3.05) is 0 Å². The fraction of sp³-hybridized carbons (Fsp3) is 0.800. The van der Waals surface area contributed by atoms with Crippen molar-refractivity contribution in [2.45, 2.75) is 64.7 Å². The molecule has 0 spiro atoms. The van der Waals surface area contributed by atoms with E-state index in [1.807, 2.05) is 0 Å². The van der Waals surface area contributed by atoms with Crippen molar-refractivity contribution in [2.24, 2.45) is 11.3 Å². The van der Waals surface area contributed by atoms with E-state index in [2.05, 4.69) is 6.92 Å². The minimum absolute atomic E-state index is 0.324. The lowest BCUT2D eigenvalue weighted by molar-refractivity contribution is -0.122. The monoisotopic (exact) mass is 218 g/mol. The van der Waals surface area contributed by atoms with E-state index in [-0.39, 0.29) is 0 Å². The molecule has 0 aromatic heterocycles. The Kier molecular flexibility index (Phi) is 2.45. The highest BCUT2D eigenvalue weighted by atomic mass is 16.1. The maximum absolute atomic E-state index is 12.5. The molecule has 0 aromatic rings. The van der Waals surface area contributed by atoms with Crippen LogP contribution in [0.5, 0.6) is 0 Å². The van der Waals surface area contributed by atoms with E-state index >= 15 is 0 Å². The number of carbonyl (C=O) groups excluding carboxylic acids is 1.